The lowest BCUT2D eigenvalue weighted by Crippen LogP contribution is -2.23. The first kappa shape index (κ1) is 16.0. The predicted molar refractivity (Wildman–Crippen MR) is 88.0 cm³/mol. The normalized spacial score (nSPS) is 14.9. The molecule has 1 aliphatic carbocycles. The lowest BCUT2D eigenvalue weighted by Gasteiger charge is -2.15. The molecule has 1 aromatic carbocycles. The van der Waals surface area contributed by atoms with Gasteiger partial charge < -0.3 is 10.1 Å². The van der Waals surface area contributed by atoms with E-state index in [1.807, 2.05) is 4.68 Å². The van der Waals surface area contributed by atoms with Crippen LogP contribution >= 0.6 is 15.9 Å². The molecule has 5 nitrogen and oxygen atoms in total. The third-order valence-electron chi connectivity index (χ3n) is 3.86. The Labute approximate surface area is 142 Å². The van der Waals surface area contributed by atoms with Crippen molar-refractivity contribution in [3.8, 4) is 5.75 Å². The lowest BCUT2D eigenvalue weighted by atomic mass is 10.2. The van der Waals surface area contributed by atoms with Crippen molar-refractivity contribution in [1.29, 1.82) is 0 Å². The first-order valence-electron chi connectivity index (χ1n) is 7.54. The van der Waals surface area contributed by atoms with E-state index >= 15 is 0 Å². The Morgan fingerprint density at radius 3 is 2.91 bits per heavy atom. The van der Waals surface area contributed by atoms with Gasteiger partial charge in [0.2, 0.25) is 0 Å². The van der Waals surface area contributed by atoms with Crippen molar-refractivity contribution in [2.75, 3.05) is 11.9 Å². The van der Waals surface area contributed by atoms with Gasteiger partial charge in [0.25, 0.3) is 5.91 Å². The van der Waals surface area contributed by atoms with Crippen molar-refractivity contribution in [1.82, 2.24) is 9.78 Å². The zero-order valence-electron chi connectivity index (χ0n) is 12.5. The first-order chi connectivity index (χ1) is 11.1. The number of ether oxygens (including phenoxy) is 1. The summed E-state index contributed by atoms with van der Waals surface area (Å²) in [6.07, 6.45) is 6.19. The van der Waals surface area contributed by atoms with E-state index in [9.17, 15) is 9.18 Å². The molecule has 1 heterocycles. The molecule has 1 saturated carbocycles. The van der Waals surface area contributed by atoms with Gasteiger partial charge in [-0.05, 0) is 31.0 Å². The van der Waals surface area contributed by atoms with Crippen LogP contribution in [0, 0.1) is 5.82 Å². The molecule has 7 heteroatoms. The maximum Gasteiger partial charge on any atom is 0.263 e. The summed E-state index contributed by atoms with van der Waals surface area (Å²) in [4.78, 5) is 12.0. The molecular formula is C16H17BrFN3O2. The maximum absolute atomic E-state index is 13.6. The number of carbonyl (C=O) groups excluding carboxylic acids is 1. The molecule has 0 unspecified atom stereocenters. The smallest absolute Gasteiger partial charge is 0.263 e. The number of carbonyl (C=O) groups is 1. The minimum atomic E-state index is -0.511. The van der Waals surface area contributed by atoms with E-state index in [-0.39, 0.29) is 18.3 Å². The van der Waals surface area contributed by atoms with E-state index in [0.717, 1.165) is 12.8 Å². The van der Waals surface area contributed by atoms with Crippen LogP contribution < -0.4 is 10.1 Å². The minimum absolute atomic E-state index is 0.0488. The number of aromatic nitrogens is 2. The Hall–Kier alpha value is -1.89. The van der Waals surface area contributed by atoms with Gasteiger partial charge >= 0.3 is 0 Å². The molecule has 0 atom stereocenters. The number of hydrogen-bond donors (Lipinski definition) is 1. The molecule has 0 spiro atoms. The second kappa shape index (κ2) is 7.12. The number of amides is 1. The maximum atomic E-state index is 13.6. The lowest BCUT2D eigenvalue weighted by molar-refractivity contribution is -0.118. The summed E-state index contributed by atoms with van der Waals surface area (Å²) in [6, 6.07) is 6.53. The third kappa shape index (κ3) is 3.90. The molecule has 0 radical (unpaired) electrons. The fraction of sp³-hybridized carbons (Fsp3) is 0.375. The van der Waals surface area contributed by atoms with Crippen molar-refractivity contribution >= 4 is 27.7 Å². The van der Waals surface area contributed by atoms with Crippen molar-refractivity contribution in [3.63, 3.8) is 0 Å². The van der Waals surface area contributed by atoms with E-state index in [1.54, 1.807) is 18.3 Å². The Morgan fingerprint density at radius 1 is 1.39 bits per heavy atom. The average molecular weight is 382 g/mol. The van der Waals surface area contributed by atoms with Crippen LogP contribution in [0.2, 0.25) is 0 Å². The summed E-state index contributed by atoms with van der Waals surface area (Å²) < 4.78 is 21.3. The molecule has 3 rings (SSSR count). The van der Waals surface area contributed by atoms with Crippen molar-refractivity contribution in [2.24, 2.45) is 0 Å². The van der Waals surface area contributed by atoms with Crippen LogP contribution in [0.25, 0.3) is 0 Å². The highest BCUT2D eigenvalue weighted by atomic mass is 79.9. The molecule has 0 aliphatic heterocycles. The molecular weight excluding hydrogens is 365 g/mol. The molecule has 2 aromatic rings. The highest BCUT2D eigenvalue weighted by molar-refractivity contribution is 9.10. The quantitative estimate of drug-likeness (QED) is 0.853. The number of anilines is 1. The van der Waals surface area contributed by atoms with Crippen LogP contribution in [0.3, 0.4) is 0 Å². The van der Waals surface area contributed by atoms with Gasteiger partial charge in [0, 0.05) is 10.5 Å². The van der Waals surface area contributed by atoms with Gasteiger partial charge in [0.05, 0.1) is 12.2 Å². The molecule has 23 heavy (non-hydrogen) atoms. The molecule has 1 amide bonds. The molecule has 122 valence electrons. The number of halogens is 2. The predicted octanol–water partition coefficient (Wildman–Crippen LogP) is 3.92. The van der Waals surface area contributed by atoms with E-state index in [1.165, 1.54) is 25.0 Å². The van der Waals surface area contributed by atoms with Gasteiger partial charge in [-0.2, -0.15) is 5.10 Å². The summed E-state index contributed by atoms with van der Waals surface area (Å²) in [5, 5.41) is 7.06. The van der Waals surface area contributed by atoms with Crippen LogP contribution in [-0.4, -0.2) is 22.3 Å². The topological polar surface area (TPSA) is 56.1 Å². The van der Waals surface area contributed by atoms with Crippen LogP contribution in [0.4, 0.5) is 10.2 Å². The fourth-order valence-electron chi connectivity index (χ4n) is 2.77. The van der Waals surface area contributed by atoms with Crippen molar-refractivity contribution in [2.45, 2.75) is 31.7 Å². The molecule has 1 fully saturated rings. The van der Waals surface area contributed by atoms with Crippen LogP contribution in [0.5, 0.6) is 5.75 Å². The first-order valence-corrected chi connectivity index (χ1v) is 8.34. The summed E-state index contributed by atoms with van der Waals surface area (Å²) in [6.45, 7) is -0.256. The van der Waals surface area contributed by atoms with Crippen LogP contribution in [-0.2, 0) is 4.79 Å². The summed E-state index contributed by atoms with van der Waals surface area (Å²) in [7, 11) is 0. The fourth-order valence-corrected chi connectivity index (χ4v) is 3.10. The Kier molecular flexibility index (Phi) is 4.95. The molecule has 1 N–H and O–H groups in total. The van der Waals surface area contributed by atoms with Gasteiger partial charge in [-0.25, -0.2) is 9.07 Å². The standard InChI is InChI=1S/C16H17BrFN3O2/c17-11-5-6-14(13(18)9-11)23-10-16(22)20-15-7-8-19-21(15)12-3-1-2-4-12/h5-9,12H,1-4,10H2,(H,20,22). The Morgan fingerprint density at radius 2 is 2.17 bits per heavy atom. The Balaban J connectivity index is 1.58. The number of rotatable bonds is 5. The number of nitrogens with one attached hydrogen (secondary N) is 1. The van der Waals surface area contributed by atoms with Gasteiger partial charge in [-0.3, -0.25) is 4.79 Å². The molecule has 0 bridgehead atoms. The number of nitrogens with zero attached hydrogens (tertiary/aromatic N) is 2. The van der Waals surface area contributed by atoms with Crippen LogP contribution in [0.1, 0.15) is 31.7 Å². The monoisotopic (exact) mass is 381 g/mol. The second-order valence-corrected chi connectivity index (χ2v) is 6.43. The average Bonchev–Trinajstić information content (AvgIpc) is 3.17. The molecule has 1 aliphatic rings. The van der Waals surface area contributed by atoms with Crippen molar-refractivity contribution in [3.05, 3.63) is 40.8 Å². The SMILES string of the molecule is O=C(COc1ccc(Br)cc1F)Nc1ccnn1C1CCCC1. The molecule has 1 aromatic heterocycles. The van der Waals surface area contributed by atoms with Gasteiger partial charge in [-0.1, -0.05) is 28.8 Å². The van der Waals surface area contributed by atoms with Gasteiger partial charge in [0.1, 0.15) is 5.82 Å². The van der Waals surface area contributed by atoms with E-state index in [0.29, 0.717) is 16.3 Å². The largest absolute Gasteiger partial charge is 0.481 e. The van der Waals surface area contributed by atoms with Gasteiger partial charge in [0.15, 0.2) is 18.2 Å². The van der Waals surface area contributed by atoms with Gasteiger partial charge in [-0.15, -0.1) is 0 Å². The van der Waals surface area contributed by atoms with Crippen LogP contribution in [0.15, 0.2) is 34.9 Å². The highest BCUT2D eigenvalue weighted by Crippen LogP contribution is 2.31. The summed E-state index contributed by atoms with van der Waals surface area (Å²) in [5.74, 6) is -0.148. The van der Waals surface area contributed by atoms with Crippen molar-refractivity contribution < 1.29 is 13.9 Å². The van der Waals surface area contributed by atoms with E-state index in [4.69, 9.17) is 4.74 Å². The summed E-state index contributed by atoms with van der Waals surface area (Å²) >= 11 is 3.17. The van der Waals surface area contributed by atoms with E-state index < -0.39 is 5.82 Å². The molecule has 0 saturated heterocycles. The summed E-state index contributed by atoms with van der Waals surface area (Å²) in [5.41, 5.74) is 0. The zero-order valence-corrected chi connectivity index (χ0v) is 14.1. The van der Waals surface area contributed by atoms with E-state index in [2.05, 4.69) is 26.3 Å². The number of hydrogen-bond acceptors (Lipinski definition) is 3. The number of benzene rings is 1. The highest BCUT2D eigenvalue weighted by Gasteiger charge is 2.20. The Bertz CT molecular complexity index is 698. The second-order valence-electron chi connectivity index (χ2n) is 5.51. The minimum Gasteiger partial charge on any atom is -0.481 e. The zero-order chi connectivity index (χ0) is 16.2. The third-order valence-corrected chi connectivity index (χ3v) is 4.35.